The second kappa shape index (κ2) is 5.15. The SMILES string of the molecule is O=C(O)[C@H]1C[C@@H](C(F)(F)F)CC2(C1)SCCCS2. The summed E-state index contributed by atoms with van der Waals surface area (Å²) in [6, 6.07) is 0. The number of carbonyl (C=O) groups is 1. The molecule has 1 N–H and O–H groups in total. The predicted octanol–water partition coefficient (Wildman–Crippen LogP) is 3.62. The minimum atomic E-state index is -4.28. The van der Waals surface area contributed by atoms with Crippen LogP contribution in [-0.4, -0.2) is 32.8 Å². The summed E-state index contributed by atoms with van der Waals surface area (Å²) in [6.07, 6.45) is -3.12. The molecule has 2 aliphatic rings. The van der Waals surface area contributed by atoms with Crippen LogP contribution in [0.3, 0.4) is 0 Å². The second-order valence-corrected chi connectivity index (χ2v) is 8.09. The number of carboxylic acids is 1. The number of thioether (sulfide) groups is 2. The summed E-state index contributed by atoms with van der Waals surface area (Å²) in [7, 11) is 0. The van der Waals surface area contributed by atoms with Gasteiger partial charge in [-0.2, -0.15) is 13.2 Å². The molecule has 0 aromatic rings. The van der Waals surface area contributed by atoms with Gasteiger partial charge < -0.3 is 5.11 Å². The molecule has 2 rings (SSSR count). The van der Waals surface area contributed by atoms with Crippen LogP contribution in [0.25, 0.3) is 0 Å². The maximum atomic E-state index is 12.9. The normalized spacial score (nSPS) is 32.4. The van der Waals surface area contributed by atoms with Gasteiger partial charge in [0.1, 0.15) is 0 Å². The van der Waals surface area contributed by atoms with Gasteiger partial charge >= 0.3 is 12.1 Å². The molecule has 0 aromatic carbocycles. The minimum Gasteiger partial charge on any atom is -0.481 e. The first-order chi connectivity index (χ1) is 8.32. The molecule has 18 heavy (non-hydrogen) atoms. The molecule has 1 saturated carbocycles. The molecule has 2 atom stereocenters. The van der Waals surface area contributed by atoms with Gasteiger partial charge in [-0.1, -0.05) is 0 Å². The highest BCUT2D eigenvalue weighted by Gasteiger charge is 2.52. The van der Waals surface area contributed by atoms with Gasteiger partial charge in [-0.25, -0.2) is 0 Å². The highest BCUT2D eigenvalue weighted by Crippen LogP contribution is 2.56. The molecule has 1 spiro atoms. The summed E-state index contributed by atoms with van der Waals surface area (Å²) in [4.78, 5) is 11.1. The number of hydrogen-bond acceptors (Lipinski definition) is 3. The van der Waals surface area contributed by atoms with Crippen molar-refractivity contribution in [2.45, 2.75) is 35.9 Å². The average molecular weight is 300 g/mol. The van der Waals surface area contributed by atoms with E-state index in [1.807, 2.05) is 0 Å². The van der Waals surface area contributed by atoms with E-state index >= 15 is 0 Å². The lowest BCUT2D eigenvalue weighted by molar-refractivity contribution is -0.188. The minimum absolute atomic E-state index is 0.0651. The first kappa shape index (κ1) is 14.4. The van der Waals surface area contributed by atoms with E-state index in [4.69, 9.17) is 5.11 Å². The van der Waals surface area contributed by atoms with Crippen molar-refractivity contribution in [3.8, 4) is 0 Å². The quantitative estimate of drug-likeness (QED) is 0.802. The highest BCUT2D eigenvalue weighted by atomic mass is 32.2. The van der Waals surface area contributed by atoms with Gasteiger partial charge in [0.05, 0.1) is 15.9 Å². The number of hydrogen-bond donors (Lipinski definition) is 1. The van der Waals surface area contributed by atoms with Gasteiger partial charge in [0.2, 0.25) is 0 Å². The maximum absolute atomic E-state index is 12.9. The summed E-state index contributed by atoms with van der Waals surface area (Å²) >= 11 is 3.05. The largest absolute Gasteiger partial charge is 0.481 e. The third-order valence-electron chi connectivity index (χ3n) is 3.51. The Morgan fingerprint density at radius 1 is 1.22 bits per heavy atom. The van der Waals surface area contributed by atoms with Crippen molar-refractivity contribution in [3.63, 3.8) is 0 Å². The van der Waals surface area contributed by atoms with E-state index in [-0.39, 0.29) is 12.8 Å². The first-order valence-corrected chi connectivity index (χ1v) is 7.87. The van der Waals surface area contributed by atoms with Crippen LogP contribution in [0.2, 0.25) is 0 Å². The molecule has 1 aliphatic carbocycles. The van der Waals surface area contributed by atoms with Crippen molar-refractivity contribution in [3.05, 3.63) is 0 Å². The van der Waals surface area contributed by atoms with Crippen molar-refractivity contribution in [1.29, 1.82) is 0 Å². The molecule has 1 aliphatic heterocycles. The van der Waals surface area contributed by atoms with Crippen LogP contribution in [0.1, 0.15) is 25.7 Å². The Labute approximate surface area is 112 Å². The molecular weight excluding hydrogens is 285 g/mol. The Balaban J connectivity index is 2.18. The van der Waals surface area contributed by atoms with E-state index in [9.17, 15) is 18.0 Å². The molecule has 0 bridgehead atoms. The van der Waals surface area contributed by atoms with E-state index < -0.39 is 28.1 Å². The van der Waals surface area contributed by atoms with Crippen molar-refractivity contribution in [1.82, 2.24) is 0 Å². The third kappa shape index (κ3) is 3.10. The fourth-order valence-corrected chi connectivity index (χ4v) is 6.25. The molecule has 2 fully saturated rings. The number of aliphatic carboxylic acids is 1. The molecule has 1 heterocycles. The van der Waals surface area contributed by atoms with Crippen molar-refractivity contribution >= 4 is 29.5 Å². The molecule has 104 valence electrons. The van der Waals surface area contributed by atoms with Crippen molar-refractivity contribution in [2.24, 2.45) is 11.8 Å². The summed E-state index contributed by atoms with van der Waals surface area (Å²) < 4.78 is 38.2. The standard InChI is InChI=1S/C11H15F3O2S2/c12-11(13,14)8-4-7(9(15)16)5-10(6-8)17-2-1-3-18-10/h7-8H,1-6H2,(H,15,16)/t7-,8+/m0/s1. The van der Waals surface area contributed by atoms with Crippen LogP contribution in [0, 0.1) is 11.8 Å². The smallest absolute Gasteiger partial charge is 0.391 e. The maximum Gasteiger partial charge on any atom is 0.391 e. The topological polar surface area (TPSA) is 37.3 Å². The van der Waals surface area contributed by atoms with Gasteiger partial charge in [0.25, 0.3) is 0 Å². The Morgan fingerprint density at radius 2 is 1.83 bits per heavy atom. The van der Waals surface area contributed by atoms with Crippen LogP contribution in [0.15, 0.2) is 0 Å². The molecule has 1 saturated heterocycles. The molecule has 2 nitrogen and oxygen atoms in total. The zero-order chi connectivity index (χ0) is 13.4. The summed E-state index contributed by atoms with van der Waals surface area (Å²) in [5, 5.41) is 9.05. The van der Waals surface area contributed by atoms with Crippen LogP contribution in [-0.2, 0) is 4.79 Å². The Kier molecular flexibility index (Phi) is 4.11. The number of rotatable bonds is 1. The molecular formula is C11H15F3O2S2. The lowest BCUT2D eigenvalue weighted by Crippen LogP contribution is -2.43. The van der Waals surface area contributed by atoms with Gasteiger partial charge in [-0.05, 0) is 37.2 Å². The van der Waals surface area contributed by atoms with Gasteiger partial charge in [0.15, 0.2) is 0 Å². The Morgan fingerprint density at radius 3 is 2.33 bits per heavy atom. The Hall–Kier alpha value is -0.0400. The molecule has 0 amide bonds. The number of halogens is 3. The summed E-state index contributed by atoms with van der Waals surface area (Å²) in [6.45, 7) is 0. The molecule has 0 unspecified atom stereocenters. The van der Waals surface area contributed by atoms with E-state index in [0.29, 0.717) is 6.42 Å². The molecule has 7 heteroatoms. The summed E-state index contributed by atoms with van der Waals surface area (Å²) in [5.74, 6) is -1.74. The molecule has 0 radical (unpaired) electrons. The van der Waals surface area contributed by atoms with Gasteiger partial charge in [0, 0.05) is 0 Å². The Bertz CT molecular complexity index is 327. The lowest BCUT2D eigenvalue weighted by atomic mass is 9.80. The zero-order valence-corrected chi connectivity index (χ0v) is 11.3. The number of alkyl halides is 3. The van der Waals surface area contributed by atoms with E-state index in [2.05, 4.69) is 0 Å². The first-order valence-electron chi connectivity index (χ1n) is 5.90. The van der Waals surface area contributed by atoms with E-state index in [1.165, 1.54) is 23.5 Å². The lowest BCUT2D eigenvalue weighted by Gasteiger charge is -2.44. The fraction of sp³-hybridized carbons (Fsp3) is 0.909. The van der Waals surface area contributed by atoms with E-state index in [0.717, 1.165) is 17.9 Å². The van der Waals surface area contributed by atoms with Crippen LogP contribution < -0.4 is 0 Å². The van der Waals surface area contributed by atoms with Gasteiger partial charge in [-0.15, -0.1) is 23.5 Å². The van der Waals surface area contributed by atoms with E-state index in [1.54, 1.807) is 0 Å². The zero-order valence-electron chi connectivity index (χ0n) is 9.70. The fourth-order valence-electron chi connectivity index (χ4n) is 2.63. The van der Waals surface area contributed by atoms with Crippen molar-refractivity contribution < 1.29 is 23.1 Å². The van der Waals surface area contributed by atoms with Gasteiger partial charge in [-0.3, -0.25) is 4.79 Å². The highest BCUT2D eigenvalue weighted by molar-refractivity contribution is 8.18. The average Bonchev–Trinajstić information content (AvgIpc) is 2.28. The monoisotopic (exact) mass is 300 g/mol. The molecule has 0 aromatic heterocycles. The second-order valence-electron chi connectivity index (χ2n) is 4.88. The van der Waals surface area contributed by atoms with Crippen LogP contribution in [0.5, 0.6) is 0 Å². The van der Waals surface area contributed by atoms with Crippen LogP contribution in [0.4, 0.5) is 13.2 Å². The summed E-state index contributed by atoms with van der Waals surface area (Å²) in [5.41, 5.74) is 0. The van der Waals surface area contributed by atoms with Crippen LogP contribution >= 0.6 is 23.5 Å². The number of carboxylic acid groups (broad SMARTS) is 1. The van der Waals surface area contributed by atoms with Crippen molar-refractivity contribution in [2.75, 3.05) is 11.5 Å². The predicted molar refractivity (Wildman–Crippen MR) is 66.8 cm³/mol. The third-order valence-corrected chi connectivity index (χ3v) is 6.93.